The first-order valence-corrected chi connectivity index (χ1v) is 8.55. The Morgan fingerprint density at radius 2 is 1.45 bits per heavy atom. The summed E-state index contributed by atoms with van der Waals surface area (Å²) in [6, 6.07) is 0. The van der Waals surface area contributed by atoms with Gasteiger partial charge in [0.25, 0.3) is 0 Å². The van der Waals surface area contributed by atoms with Crippen molar-refractivity contribution >= 4 is 5.78 Å². The largest absolute Gasteiger partial charge is 0.348 e. The fourth-order valence-corrected chi connectivity index (χ4v) is 4.18. The fraction of sp³-hybridized carbons (Fsp3) is 0.941. The van der Waals surface area contributed by atoms with Crippen LogP contribution in [0.2, 0.25) is 0 Å². The van der Waals surface area contributed by atoms with Crippen LogP contribution in [0.5, 0.6) is 0 Å². The molecule has 2 saturated carbocycles. The normalized spacial score (nSPS) is 28.3. The third-order valence-electron chi connectivity index (χ3n) is 5.57. The molecule has 1 spiro atoms. The third-order valence-corrected chi connectivity index (χ3v) is 5.57. The summed E-state index contributed by atoms with van der Waals surface area (Å²) in [6.45, 7) is 1.57. The van der Waals surface area contributed by atoms with E-state index in [2.05, 4.69) is 0 Å². The zero-order chi connectivity index (χ0) is 13.8. The summed E-state index contributed by atoms with van der Waals surface area (Å²) in [5.41, 5.74) is 0. The molecule has 0 unspecified atom stereocenters. The van der Waals surface area contributed by atoms with Gasteiger partial charge in [-0.15, -0.1) is 0 Å². The van der Waals surface area contributed by atoms with Gasteiger partial charge < -0.3 is 9.47 Å². The lowest BCUT2D eigenvalue weighted by Crippen LogP contribution is -2.35. The molecule has 0 amide bonds. The van der Waals surface area contributed by atoms with Gasteiger partial charge in [0.1, 0.15) is 5.78 Å². The van der Waals surface area contributed by atoms with E-state index >= 15 is 0 Å². The molecule has 1 aliphatic heterocycles. The summed E-state index contributed by atoms with van der Waals surface area (Å²) in [6.07, 6.45) is 12.7. The van der Waals surface area contributed by atoms with Gasteiger partial charge >= 0.3 is 0 Å². The number of hydrogen-bond acceptors (Lipinski definition) is 3. The fourth-order valence-electron chi connectivity index (χ4n) is 4.18. The van der Waals surface area contributed by atoms with Crippen molar-refractivity contribution in [3.8, 4) is 0 Å². The maximum absolute atomic E-state index is 11.2. The van der Waals surface area contributed by atoms with Crippen LogP contribution >= 0.6 is 0 Å². The zero-order valence-corrected chi connectivity index (χ0v) is 12.6. The van der Waals surface area contributed by atoms with Crippen LogP contribution in [-0.2, 0) is 14.3 Å². The molecule has 0 bridgehead atoms. The van der Waals surface area contributed by atoms with Gasteiger partial charge in [-0.3, -0.25) is 4.79 Å². The Kier molecular flexibility index (Phi) is 4.77. The summed E-state index contributed by atoms with van der Waals surface area (Å²) in [5, 5.41) is 0. The molecular formula is C17H28O3. The standard InChI is InChI=1S/C17H28O3/c18-16-6-4-14(5-7-16)2-1-3-15-8-10-17(11-9-15)19-12-13-20-17/h14-15H,1-13H2. The van der Waals surface area contributed by atoms with Crippen molar-refractivity contribution in [3.05, 3.63) is 0 Å². The van der Waals surface area contributed by atoms with E-state index in [-0.39, 0.29) is 5.79 Å². The van der Waals surface area contributed by atoms with Crippen molar-refractivity contribution in [1.29, 1.82) is 0 Å². The summed E-state index contributed by atoms with van der Waals surface area (Å²) in [7, 11) is 0. The molecule has 1 heterocycles. The first-order chi connectivity index (χ1) is 9.76. The number of Topliss-reactive ketones (excluding diaryl/α,β-unsaturated/α-hetero) is 1. The number of carbonyl (C=O) groups is 1. The number of rotatable bonds is 4. The van der Waals surface area contributed by atoms with Crippen molar-refractivity contribution in [2.24, 2.45) is 11.8 Å². The van der Waals surface area contributed by atoms with Crippen molar-refractivity contribution < 1.29 is 14.3 Å². The third kappa shape index (κ3) is 3.62. The maximum atomic E-state index is 11.2. The molecule has 0 aromatic rings. The molecule has 0 atom stereocenters. The lowest BCUT2D eigenvalue weighted by Gasteiger charge is -2.35. The monoisotopic (exact) mass is 280 g/mol. The predicted molar refractivity (Wildman–Crippen MR) is 77.4 cm³/mol. The van der Waals surface area contributed by atoms with Crippen molar-refractivity contribution in [2.45, 2.75) is 76.4 Å². The summed E-state index contributed by atoms with van der Waals surface area (Å²) < 4.78 is 11.6. The second-order valence-electron chi connectivity index (χ2n) is 6.96. The van der Waals surface area contributed by atoms with Crippen LogP contribution in [0, 0.1) is 11.8 Å². The molecular weight excluding hydrogens is 252 g/mol. The first kappa shape index (κ1) is 14.5. The molecule has 3 aliphatic rings. The number of hydrogen-bond donors (Lipinski definition) is 0. The highest BCUT2D eigenvalue weighted by molar-refractivity contribution is 5.78. The van der Waals surface area contributed by atoms with Gasteiger partial charge in [-0.25, -0.2) is 0 Å². The van der Waals surface area contributed by atoms with E-state index in [1.165, 1.54) is 32.1 Å². The van der Waals surface area contributed by atoms with E-state index in [1.54, 1.807) is 0 Å². The van der Waals surface area contributed by atoms with Gasteiger partial charge in [-0.05, 0) is 37.5 Å². The molecule has 3 fully saturated rings. The molecule has 3 nitrogen and oxygen atoms in total. The average molecular weight is 280 g/mol. The van der Waals surface area contributed by atoms with Crippen LogP contribution in [-0.4, -0.2) is 24.8 Å². The molecule has 3 heteroatoms. The van der Waals surface area contributed by atoms with Crippen molar-refractivity contribution in [1.82, 2.24) is 0 Å². The Balaban J connectivity index is 1.31. The first-order valence-electron chi connectivity index (χ1n) is 8.55. The Morgan fingerprint density at radius 1 is 0.900 bits per heavy atom. The van der Waals surface area contributed by atoms with E-state index < -0.39 is 0 Å². The van der Waals surface area contributed by atoms with E-state index in [9.17, 15) is 4.79 Å². The Labute approximate surface area is 122 Å². The second-order valence-corrected chi connectivity index (χ2v) is 6.96. The molecule has 3 rings (SSSR count). The highest BCUT2D eigenvalue weighted by Crippen LogP contribution is 2.40. The van der Waals surface area contributed by atoms with E-state index in [4.69, 9.17) is 9.47 Å². The van der Waals surface area contributed by atoms with Crippen LogP contribution in [0.4, 0.5) is 0 Å². The Hall–Kier alpha value is -0.410. The topological polar surface area (TPSA) is 35.5 Å². The summed E-state index contributed by atoms with van der Waals surface area (Å²) >= 11 is 0. The smallest absolute Gasteiger partial charge is 0.168 e. The van der Waals surface area contributed by atoms with E-state index in [1.807, 2.05) is 0 Å². The van der Waals surface area contributed by atoms with Crippen LogP contribution in [0.15, 0.2) is 0 Å². The molecule has 0 aromatic carbocycles. The number of ether oxygens (including phenoxy) is 2. The van der Waals surface area contributed by atoms with Crippen molar-refractivity contribution in [3.63, 3.8) is 0 Å². The highest BCUT2D eigenvalue weighted by atomic mass is 16.7. The summed E-state index contributed by atoms with van der Waals surface area (Å²) in [4.78, 5) is 11.2. The van der Waals surface area contributed by atoms with Gasteiger partial charge in [0.2, 0.25) is 0 Å². The molecule has 20 heavy (non-hydrogen) atoms. The van der Waals surface area contributed by atoms with E-state index in [0.717, 1.165) is 63.6 Å². The van der Waals surface area contributed by atoms with Crippen LogP contribution in [0.3, 0.4) is 0 Å². The maximum Gasteiger partial charge on any atom is 0.168 e. The minimum atomic E-state index is -0.194. The highest BCUT2D eigenvalue weighted by Gasteiger charge is 2.39. The Bertz CT molecular complexity index is 313. The SMILES string of the molecule is O=C1CCC(CCCC2CCC3(CC2)OCCO3)CC1. The molecule has 0 aromatic heterocycles. The lowest BCUT2D eigenvalue weighted by atomic mass is 9.80. The van der Waals surface area contributed by atoms with Crippen molar-refractivity contribution in [2.75, 3.05) is 13.2 Å². The van der Waals surface area contributed by atoms with Gasteiger partial charge in [-0.2, -0.15) is 0 Å². The minimum absolute atomic E-state index is 0.194. The van der Waals surface area contributed by atoms with E-state index in [0.29, 0.717) is 5.78 Å². The lowest BCUT2D eigenvalue weighted by molar-refractivity contribution is -0.182. The molecule has 0 N–H and O–H groups in total. The molecule has 114 valence electrons. The van der Waals surface area contributed by atoms with Gasteiger partial charge in [0, 0.05) is 25.7 Å². The quantitative estimate of drug-likeness (QED) is 0.784. The Morgan fingerprint density at radius 3 is 2.05 bits per heavy atom. The zero-order valence-electron chi connectivity index (χ0n) is 12.6. The second kappa shape index (κ2) is 6.57. The average Bonchev–Trinajstić information content (AvgIpc) is 2.92. The van der Waals surface area contributed by atoms with Crippen LogP contribution in [0.25, 0.3) is 0 Å². The molecule has 0 radical (unpaired) electrons. The molecule has 2 aliphatic carbocycles. The minimum Gasteiger partial charge on any atom is -0.348 e. The molecule has 1 saturated heterocycles. The predicted octanol–water partition coefficient (Wildman–Crippen LogP) is 3.85. The number of carbonyl (C=O) groups excluding carboxylic acids is 1. The summed E-state index contributed by atoms with van der Waals surface area (Å²) in [5.74, 6) is 1.98. The number of ketones is 1. The van der Waals surface area contributed by atoms with Gasteiger partial charge in [0.15, 0.2) is 5.79 Å². The van der Waals surface area contributed by atoms with Crippen LogP contribution in [0.1, 0.15) is 70.6 Å². The van der Waals surface area contributed by atoms with Gasteiger partial charge in [0.05, 0.1) is 13.2 Å². The van der Waals surface area contributed by atoms with Crippen LogP contribution < -0.4 is 0 Å². The van der Waals surface area contributed by atoms with Gasteiger partial charge in [-0.1, -0.05) is 19.3 Å².